The van der Waals surface area contributed by atoms with Gasteiger partial charge in [-0.15, -0.1) is 0 Å². The molecule has 0 aliphatic carbocycles. The minimum atomic E-state index is -1.34. The highest BCUT2D eigenvalue weighted by atomic mass is 79.9. The predicted molar refractivity (Wildman–Crippen MR) is 320 cm³/mol. The Labute approximate surface area is 477 Å². The topological polar surface area (TPSA) is 338 Å². The molecule has 0 aliphatic heterocycles. The maximum atomic E-state index is 13.0. The van der Waals surface area contributed by atoms with Gasteiger partial charge in [0.15, 0.2) is 0 Å². The third kappa shape index (κ3) is 12.4. The summed E-state index contributed by atoms with van der Waals surface area (Å²) >= 11 is 3.31. The molecule has 0 saturated heterocycles. The van der Waals surface area contributed by atoms with Crippen LogP contribution < -0.4 is 39.0 Å². The Morgan fingerprint density at radius 3 is 1.18 bits per heavy atom. The average Bonchev–Trinajstić information content (AvgIpc) is 2.33. The van der Waals surface area contributed by atoms with Crippen LogP contribution in [0.4, 0.5) is 17.5 Å². The fourth-order valence-corrected chi connectivity index (χ4v) is 8.88. The van der Waals surface area contributed by atoms with E-state index in [2.05, 4.69) is 30.9 Å². The van der Waals surface area contributed by atoms with Gasteiger partial charge in [-0.25, -0.2) is 14.4 Å². The molecular weight excluding hydrogens is 1130 g/mol. The Hall–Kier alpha value is -10.5. The Balaban J connectivity index is 0.000000140. The first-order chi connectivity index (χ1) is 39.9. The second-order valence-corrected chi connectivity index (χ2v) is 18.9. The standard InChI is InChI=1S/C21H16N2O4.C19H12N2O4.C15H11BrN2O4.C6H7BO2/c1-2-26-21(25)16-11-15-18(24)14-10-13(12-6-4-3-5-7-12)8-9-17(14)27-20(15)23-19(16)22;20-17-14(19(23)24)9-13-16(22)12-8-11(10-4-2-1-3-5-10)6-7-15(12)25-18(13)21-17;1-2-21-15(20)10-6-9-12(19)8-5-7(16)3-4-11(8)22-14(9)18-13(10)17;8-7(9)6-4-2-1-3-5-6/h3-11H,2H2,1H3,(H2,22,23);1-9H,(H2,20,21)(H,23,24);3-6H,2H2,1H3,(H2,17,18);1-5,8-9H. The Morgan fingerprint density at radius 1 is 0.470 bits per heavy atom. The van der Waals surface area contributed by atoms with Crippen LogP contribution in [0.25, 0.3) is 88.5 Å². The Kier molecular flexibility index (Phi) is 17.1. The lowest BCUT2D eigenvalue weighted by molar-refractivity contribution is 0.0517. The number of carbonyl (C=O) groups excluding carboxylic acids is 2. The van der Waals surface area contributed by atoms with Crippen molar-refractivity contribution in [1.29, 1.82) is 0 Å². The monoisotopic (exact) mass is 1180 g/mol. The van der Waals surface area contributed by atoms with Gasteiger partial charge in [0.1, 0.15) is 50.9 Å². The number of aromatic nitrogens is 3. The molecule has 0 unspecified atom stereocenters. The van der Waals surface area contributed by atoms with Crippen molar-refractivity contribution in [2.75, 3.05) is 30.4 Å². The molecule has 0 atom stereocenters. The molecular formula is C61H46BBrN6O14. The first-order valence-electron chi connectivity index (χ1n) is 25.2. The summed E-state index contributed by atoms with van der Waals surface area (Å²) in [6, 6.07) is 47.7. The molecule has 0 radical (unpaired) electrons. The molecule has 12 rings (SSSR count). The molecule has 0 aliphatic rings. The van der Waals surface area contributed by atoms with Gasteiger partial charge in [-0.3, -0.25) is 14.4 Å². The van der Waals surface area contributed by atoms with E-state index in [1.165, 1.54) is 18.2 Å². The summed E-state index contributed by atoms with van der Waals surface area (Å²) in [6.45, 7) is 3.77. The number of hydrogen-bond acceptors (Lipinski definition) is 19. The van der Waals surface area contributed by atoms with Crippen LogP contribution in [0.3, 0.4) is 0 Å². The largest absolute Gasteiger partial charge is 0.488 e. The van der Waals surface area contributed by atoms with Crippen molar-refractivity contribution in [3.8, 4) is 22.3 Å². The van der Waals surface area contributed by atoms with Gasteiger partial charge in [0.2, 0.25) is 33.4 Å². The van der Waals surface area contributed by atoms with Crippen molar-refractivity contribution < 1.29 is 52.3 Å². The Morgan fingerprint density at radius 2 is 0.819 bits per heavy atom. The summed E-state index contributed by atoms with van der Waals surface area (Å²) in [5, 5.41) is 27.9. The zero-order valence-electron chi connectivity index (χ0n) is 43.9. The van der Waals surface area contributed by atoms with E-state index in [1.54, 1.807) is 80.6 Å². The number of carbonyl (C=O) groups is 3. The molecule has 20 nitrogen and oxygen atoms in total. The number of esters is 2. The van der Waals surface area contributed by atoms with E-state index in [1.807, 2.05) is 78.9 Å². The molecule has 0 spiro atoms. The Bertz CT molecular complexity index is 4660. The summed E-state index contributed by atoms with van der Waals surface area (Å²) in [5.41, 5.74) is 21.8. The number of nitrogen functional groups attached to an aromatic ring is 3. The molecule has 0 saturated carbocycles. The maximum absolute atomic E-state index is 13.0. The van der Waals surface area contributed by atoms with E-state index in [9.17, 15) is 28.8 Å². The van der Waals surface area contributed by atoms with E-state index in [4.69, 9.17) is 55.1 Å². The maximum Gasteiger partial charge on any atom is 0.488 e. The van der Waals surface area contributed by atoms with Gasteiger partial charge in [-0.05, 0) is 102 Å². The number of fused-ring (bicyclic) bond motifs is 6. The van der Waals surface area contributed by atoms with Gasteiger partial charge in [-0.2, -0.15) is 15.0 Å². The number of nitrogens with two attached hydrogens (primary N) is 3. The van der Waals surface area contributed by atoms with Crippen LogP contribution in [0.2, 0.25) is 0 Å². The lowest BCUT2D eigenvalue weighted by Crippen LogP contribution is -2.29. The fraction of sp³-hybridized carbons (Fsp3) is 0.0656. The minimum absolute atomic E-state index is 0.0208. The molecule has 22 heteroatoms. The number of benzene rings is 6. The second-order valence-electron chi connectivity index (χ2n) is 17.9. The van der Waals surface area contributed by atoms with Crippen molar-refractivity contribution in [2.45, 2.75) is 13.8 Å². The van der Waals surface area contributed by atoms with E-state index < -0.39 is 25.0 Å². The van der Waals surface area contributed by atoms with Crippen molar-refractivity contribution >= 4 is 130 Å². The number of halogens is 1. The number of pyridine rings is 3. The van der Waals surface area contributed by atoms with Crippen molar-refractivity contribution in [3.05, 3.63) is 216 Å². The first kappa shape index (κ1) is 57.2. The van der Waals surface area contributed by atoms with E-state index in [0.29, 0.717) is 38.4 Å². The summed E-state index contributed by atoms with van der Waals surface area (Å²) in [6.07, 6.45) is 0. The van der Waals surface area contributed by atoms with Crippen LogP contribution in [0.15, 0.2) is 196 Å². The number of ether oxygens (including phenoxy) is 2. The summed E-state index contributed by atoms with van der Waals surface area (Å²) in [5.74, 6) is -2.76. The number of aromatic carboxylic acids is 1. The molecule has 6 aromatic carbocycles. The highest BCUT2D eigenvalue weighted by molar-refractivity contribution is 9.10. The molecule has 6 heterocycles. The number of nitrogens with zero attached hydrogens (tertiary/aromatic N) is 3. The van der Waals surface area contributed by atoms with Crippen LogP contribution in [-0.4, -0.2) is 68.3 Å². The molecule has 12 aromatic rings. The molecule has 0 amide bonds. The smallest absolute Gasteiger partial charge is 0.478 e. The molecule has 6 aromatic heterocycles. The van der Waals surface area contributed by atoms with Crippen LogP contribution in [0.5, 0.6) is 0 Å². The fourth-order valence-electron chi connectivity index (χ4n) is 8.52. The summed E-state index contributed by atoms with van der Waals surface area (Å²) < 4.78 is 27.6. The van der Waals surface area contributed by atoms with Crippen LogP contribution in [0, 0.1) is 0 Å². The van der Waals surface area contributed by atoms with Crippen molar-refractivity contribution in [2.24, 2.45) is 0 Å². The first-order valence-corrected chi connectivity index (χ1v) is 26.0. The average molecular weight is 1180 g/mol. The highest BCUT2D eigenvalue weighted by Gasteiger charge is 2.21. The number of carboxylic acids is 1. The lowest BCUT2D eigenvalue weighted by Gasteiger charge is -2.08. The van der Waals surface area contributed by atoms with Gasteiger partial charge in [-0.1, -0.05) is 119 Å². The van der Waals surface area contributed by atoms with E-state index in [-0.39, 0.29) is 96.9 Å². The quantitative estimate of drug-likeness (QED) is 0.0468. The van der Waals surface area contributed by atoms with Crippen LogP contribution in [0.1, 0.15) is 44.9 Å². The highest BCUT2D eigenvalue weighted by Crippen LogP contribution is 2.29. The zero-order valence-corrected chi connectivity index (χ0v) is 45.5. The molecule has 0 fully saturated rings. The predicted octanol–water partition coefficient (Wildman–Crippen LogP) is 9.28. The number of hydrogen-bond donors (Lipinski definition) is 6. The van der Waals surface area contributed by atoms with E-state index in [0.717, 1.165) is 26.7 Å². The van der Waals surface area contributed by atoms with Gasteiger partial charge < -0.3 is 55.1 Å². The van der Waals surface area contributed by atoms with Gasteiger partial charge in [0, 0.05) is 4.47 Å². The second kappa shape index (κ2) is 24.9. The number of rotatable bonds is 8. The van der Waals surface area contributed by atoms with E-state index >= 15 is 0 Å². The SMILES string of the molecule is CCOC(=O)c1cc2c(=O)c3cc(-c4ccccc4)ccc3oc2nc1N.CCOC(=O)c1cc2c(=O)c3cc(Br)ccc3oc2nc1N.Nc1nc2oc3ccc(-c4ccccc4)cc3c(=O)c2cc1C(=O)O.OB(O)c1ccccc1. The minimum Gasteiger partial charge on any atom is -0.478 e. The van der Waals surface area contributed by atoms with Crippen molar-refractivity contribution in [1.82, 2.24) is 15.0 Å². The van der Waals surface area contributed by atoms with Crippen LogP contribution in [-0.2, 0) is 9.47 Å². The third-order valence-corrected chi connectivity index (χ3v) is 13.1. The van der Waals surface area contributed by atoms with Gasteiger partial charge in [0.25, 0.3) is 0 Å². The summed E-state index contributed by atoms with van der Waals surface area (Å²) in [7, 11) is -1.34. The van der Waals surface area contributed by atoms with Crippen LogP contribution >= 0.6 is 15.9 Å². The zero-order chi connectivity index (χ0) is 59.1. The number of anilines is 3. The summed E-state index contributed by atoms with van der Waals surface area (Å²) in [4.78, 5) is 85.6. The normalized spacial score (nSPS) is 10.8. The van der Waals surface area contributed by atoms with Crippen molar-refractivity contribution in [3.63, 3.8) is 0 Å². The molecule has 0 bridgehead atoms. The number of carboxylic acid groups (broad SMARTS) is 1. The molecule has 83 heavy (non-hydrogen) atoms. The lowest BCUT2D eigenvalue weighted by atomic mass is 9.81. The van der Waals surface area contributed by atoms with Gasteiger partial charge in [0.05, 0.1) is 45.5 Å². The molecule has 9 N–H and O–H groups in total. The molecule has 414 valence electrons. The van der Waals surface area contributed by atoms with Gasteiger partial charge >= 0.3 is 25.0 Å². The third-order valence-electron chi connectivity index (χ3n) is 12.6.